The van der Waals surface area contributed by atoms with Crippen molar-refractivity contribution in [1.82, 2.24) is 19.5 Å². The van der Waals surface area contributed by atoms with Gasteiger partial charge in [0, 0.05) is 49.8 Å². The Morgan fingerprint density at radius 2 is 1.86 bits per heavy atom. The number of hydrogen-bond acceptors (Lipinski definition) is 9. The number of piperazine rings is 1. The molecular formula is C29H38Cl2N8O3S. The second-order valence-corrected chi connectivity index (χ2v) is 13.8. The molecule has 2 atom stereocenters. The second kappa shape index (κ2) is 12.9. The molecule has 0 radical (unpaired) electrons. The summed E-state index contributed by atoms with van der Waals surface area (Å²) in [6, 6.07) is 10.5. The van der Waals surface area contributed by atoms with Crippen LogP contribution in [0.15, 0.2) is 45.9 Å². The van der Waals surface area contributed by atoms with E-state index in [1.807, 2.05) is 24.3 Å². The van der Waals surface area contributed by atoms with Crippen LogP contribution in [0.1, 0.15) is 50.6 Å². The van der Waals surface area contributed by atoms with Crippen LogP contribution in [-0.4, -0.2) is 97.4 Å². The highest BCUT2D eigenvalue weighted by Gasteiger charge is 2.36. The Morgan fingerprint density at radius 1 is 1.12 bits per heavy atom. The number of rotatable bonds is 8. The van der Waals surface area contributed by atoms with Gasteiger partial charge in [-0.3, -0.25) is 14.8 Å². The first-order chi connectivity index (χ1) is 20.7. The van der Waals surface area contributed by atoms with Crippen molar-refractivity contribution in [3.8, 4) is 0 Å². The zero-order chi connectivity index (χ0) is 30.1. The van der Waals surface area contributed by atoms with E-state index < -0.39 is 10.2 Å². The third-order valence-corrected chi connectivity index (χ3v) is 10.1. The van der Waals surface area contributed by atoms with Crippen LogP contribution in [0.5, 0.6) is 0 Å². The Hall–Kier alpha value is -2.48. The zero-order valence-corrected chi connectivity index (χ0v) is 26.5. The van der Waals surface area contributed by atoms with E-state index in [0.29, 0.717) is 27.8 Å². The fourth-order valence-corrected chi connectivity index (χ4v) is 7.56. The summed E-state index contributed by atoms with van der Waals surface area (Å²) in [7, 11) is -3.80. The standard InChI is InChI=1S/C29H38Cl2N8O3S/c1-2-23-17-38(13-14-39(23)24-9-11-37(12-10-24)26(18-40)19-3-5-20(30)6-4-19)29-25(31)15-22(16-32-29)34-28-27(33-21-7-8-21)35-43(41,42)36-28/h3-6,15-16,21,23-24,26,40H,2,7-14,17-18H2,1H3,(H,33,35)(H,34,36)/t23-,26+/m0/s1. The van der Waals surface area contributed by atoms with Crippen LogP contribution in [0.2, 0.25) is 10.0 Å². The number of hydrogen-bond donors (Lipinski definition) is 3. The number of aliphatic imine (C=N–C) groups is 1. The summed E-state index contributed by atoms with van der Waals surface area (Å²) in [6.45, 7) is 6.75. The minimum absolute atomic E-state index is 0.0128. The fourth-order valence-electron chi connectivity index (χ4n) is 6.33. The number of pyridine rings is 1. The largest absolute Gasteiger partial charge is 0.394 e. The molecule has 0 bridgehead atoms. The monoisotopic (exact) mass is 648 g/mol. The number of aromatic nitrogens is 1. The van der Waals surface area contributed by atoms with Gasteiger partial charge in [0.1, 0.15) is 5.82 Å². The Bertz CT molecular complexity index is 1480. The predicted molar refractivity (Wildman–Crippen MR) is 172 cm³/mol. The SMILES string of the molecule is CC[C@H]1CN(c2ncc(NC3=NS(=O)(=O)NC3=NC3CC3)cc2Cl)CCN1C1CCN([C@H](CO)c2ccc(Cl)cc2)CC1. The molecule has 4 aliphatic rings. The highest BCUT2D eigenvalue weighted by atomic mass is 35.5. The van der Waals surface area contributed by atoms with Gasteiger partial charge in [-0.1, -0.05) is 42.3 Å². The minimum Gasteiger partial charge on any atom is -0.394 e. The Labute approximate surface area is 263 Å². The first-order valence-corrected chi connectivity index (χ1v) is 17.2. The van der Waals surface area contributed by atoms with E-state index in [9.17, 15) is 13.5 Å². The smallest absolute Gasteiger partial charge is 0.345 e. The van der Waals surface area contributed by atoms with Gasteiger partial charge in [-0.15, -0.1) is 4.40 Å². The number of piperidine rings is 1. The topological polar surface area (TPSA) is 126 Å². The normalized spacial score (nSPS) is 25.0. The van der Waals surface area contributed by atoms with Gasteiger partial charge in [0.25, 0.3) is 0 Å². The molecule has 0 amide bonds. The van der Waals surface area contributed by atoms with E-state index in [1.54, 1.807) is 12.3 Å². The lowest BCUT2D eigenvalue weighted by molar-refractivity contribution is 0.0356. The summed E-state index contributed by atoms with van der Waals surface area (Å²) < 4.78 is 30.2. The molecule has 0 unspecified atom stereocenters. The van der Waals surface area contributed by atoms with Gasteiger partial charge in [0.2, 0.25) is 0 Å². The number of likely N-dealkylation sites (tertiary alicyclic amines) is 1. The highest BCUT2D eigenvalue weighted by Crippen LogP contribution is 2.32. The van der Waals surface area contributed by atoms with Crippen molar-refractivity contribution in [2.75, 3.05) is 49.5 Å². The van der Waals surface area contributed by atoms with E-state index in [2.05, 4.69) is 46.0 Å². The molecule has 2 aromatic rings. The van der Waals surface area contributed by atoms with Gasteiger partial charge in [0.15, 0.2) is 11.7 Å². The number of nitrogens with zero attached hydrogens (tertiary/aromatic N) is 6. The van der Waals surface area contributed by atoms with Gasteiger partial charge < -0.3 is 15.3 Å². The Kier molecular flexibility index (Phi) is 9.14. The summed E-state index contributed by atoms with van der Waals surface area (Å²) in [5.74, 6) is 1.11. The number of amidine groups is 2. The number of anilines is 2. The molecule has 1 aromatic heterocycles. The van der Waals surface area contributed by atoms with E-state index in [0.717, 1.165) is 76.2 Å². The van der Waals surface area contributed by atoms with Gasteiger partial charge in [-0.25, -0.2) is 9.71 Å². The molecule has 1 aliphatic carbocycles. The first-order valence-electron chi connectivity index (χ1n) is 15.0. The van der Waals surface area contributed by atoms with Crippen molar-refractivity contribution in [3.05, 3.63) is 52.1 Å². The molecule has 4 heterocycles. The molecular weight excluding hydrogens is 611 g/mol. The summed E-state index contributed by atoms with van der Waals surface area (Å²) in [6.07, 6.45) is 6.68. The van der Waals surface area contributed by atoms with Crippen LogP contribution in [0.3, 0.4) is 0 Å². The lowest BCUT2D eigenvalue weighted by atomic mass is 9.96. The van der Waals surface area contributed by atoms with Crippen molar-refractivity contribution >= 4 is 56.6 Å². The molecule has 3 fully saturated rings. The molecule has 14 heteroatoms. The van der Waals surface area contributed by atoms with Gasteiger partial charge in [0.05, 0.1) is 35.6 Å². The lowest BCUT2D eigenvalue weighted by Gasteiger charge is -2.48. The molecule has 1 saturated carbocycles. The van der Waals surface area contributed by atoms with Crippen LogP contribution >= 0.6 is 23.2 Å². The highest BCUT2D eigenvalue weighted by molar-refractivity contribution is 7.89. The Balaban J connectivity index is 1.07. The van der Waals surface area contributed by atoms with E-state index in [1.165, 1.54) is 0 Å². The molecule has 0 spiro atoms. The average Bonchev–Trinajstić information content (AvgIpc) is 3.77. The van der Waals surface area contributed by atoms with Crippen molar-refractivity contribution in [3.63, 3.8) is 0 Å². The molecule has 1 aromatic carbocycles. The van der Waals surface area contributed by atoms with Gasteiger partial charge >= 0.3 is 10.2 Å². The van der Waals surface area contributed by atoms with Crippen LogP contribution < -0.4 is 14.9 Å². The maximum atomic E-state index is 12.0. The summed E-state index contributed by atoms with van der Waals surface area (Å²) in [5.41, 5.74) is 1.65. The minimum atomic E-state index is -3.80. The maximum absolute atomic E-state index is 12.0. The van der Waals surface area contributed by atoms with Crippen molar-refractivity contribution in [2.24, 2.45) is 9.39 Å². The van der Waals surface area contributed by atoms with Gasteiger partial charge in [-0.2, -0.15) is 8.42 Å². The number of aliphatic hydroxyl groups is 1. The zero-order valence-electron chi connectivity index (χ0n) is 24.2. The van der Waals surface area contributed by atoms with Gasteiger partial charge in [-0.05, 0) is 55.9 Å². The van der Waals surface area contributed by atoms with Crippen molar-refractivity contribution in [1.29, 1.82) is 0 Å². The third kappa shape index (κ3) is 7.10. The van der Waals surface area contributed by atoms with Crippen LogP contribution in [0.4, 0.5) is 11.5 Å². The summed E-state index contributed by atoms with van der Waals surface area (Å²) in [5, 5.41) is 14.4. The molecule has 3 aliphatic heterocycles. The quantitative estimate of drug-likeness (QED) is 0.396. The van der Waals surface area contributed by atoms with Crippen molar-refractivity contribution < 1.29 is 13.5 Å². The second-order valence-electron chi connectivity index (χ2n) is 11.6. The average molecular weight is 650 g/mol. The number of halogens is 2. The fraction of sp³-hybridized carbons (Fsp3) is 0.552. The van der Waals surface area contributed by atoms with Crippen LogP contribution in [0.25, 0.3) is 0 Å². The van der Waals surface area contributed by atoms with E-state index >= 15 is 0 Å². The summed E-state index contributed by atoms with van der Waals surface area (Å²) >= 11 is 12.8. The van der Waals surface area contributed by atoms with E-state index in [4.69, 9.17) is 23.2 Å². The first kappa shape index (κ1) is 30.5. The molecule has 3 N–H and O–H groups in total. The molecule has 11 nitrogen and oxygen atoms in total. The van der Waals surface area contributed by atoms with Crippen molar-refractivity contribution in [2.45, 2.75) is 63.2 Å². The maximum Gasteiger partial charge on any atom is 0.345 e. The summed E-state index contributed by atoms with van der Waals surface area (Å²) in [4.78, 5) is 16.4. The molecule has 232 valence electrons. The molecule has 2 saturated heterocycles. The van der Waals surface area contributed by atoms with Crippen LogP contribution in [-0.2, 0) is 10.2 Å². The number of aliphatic hydroxyl groups excluding tert-OH is 1. The predicted octanol–water partition coefficient (Wildman–Crippen LogP) is 3.71. The van der Waals surface area contributed by atoms with Crippen LogP contribution in [0, 0.1) is 0 Å². The third-order valence-electron chi connectivity index (χ3n) is 8.74. The number of nitrogens with one attached hydrogen (secondary N) is 2. The van der Waals surface area contributed by atoms with E-state index in [-0.39, 0.29) is 30.4 Å². The Morgan fingerprint density at radius 3 is 2.51 bits per heavy atom. The molecule has 43 heavy (non-hydrogen) atoms. The number of benzene rings is 1. The lowest BCUT2D eigenvalue weighted by Crippen LogP contribution is -2.58. The molecule has 6 rings (SSSR count).